The fourth-order valence-electron chi connectivity index (χ4n) is 1.53. The predicted molar refractivity (Wildman–Crippen MR) is 67.4 cm³/mol. The van der Waals surface area contributed by atoms with Gasteiger partial charge in [0.25, 0.3) is 0 Å². The molecule has 4 unspecified atom stereocenters. The van der Waals surface area contributed by atoms with Crippen molar-refractivity contribution in [2.24, 2.45) is 0 Å². The molecule has 0 aromatic carbocycles. The summed E-state index contributed by atoms with van der Waals surface area (Å²) in [6.45, 7) is -1.28. The van der Waals surface area contributed by atoms with Gasteiger partial charge >= 0.3 is 11.9 Å². The minimum atomic E-state index is -1.81. The molecule has 124 valence electrons. The largest absolute Gasteiger partial charge is 0.481 e. The molecule has 0 rings (SSSR count). The number of hydrogen-bond acceptors (Lipinski definition) is 8. The van der Waals surface area contributed by atoms with Gasteiger partial charge in [0, 0.05) is 13.0 Å². The van der Waals surface area contributed by atoms with Crippen LogP contribution in [0, 0.1) is 0 Å². The standard InChI is InChI=1S/C11H21NO9/c13-4-7(15)10(19)9(18)6(14)3-12-5(11(20)21)1-2-8(16)17/h5-7,9-10,12-15,18-19H,1-4H2,(H,16,17)(H,20,21)/t5-,6?,7?,9?,10?/m0/s1. The summed E-state index contributed by atoms with van der Waals surface area (Å²) < 4.78 is 0. The number of aliphatic carboxylic acids is 2. The minimum Gasteiger partial charge on any atom is -0.481 e. The van der Waals surface area contributed by atoms with Crippen molar-refractivity contribution in [3.05, 3.63) is 0 Å². The third-order valence-corrected chi connectivity index (χ3v) is 2.84. The molecule has 0 aromatic heterocycles. The molecule has 0 amide bonds. The Bertz CT molecular complexity index is 338. The molecule has 0 saturated carbocycles. The van der Waals surface area contributed by atoms with Gasteiger partial charge in [-0.2, -0.15) is 0 Å². The van der Waals surface area contributed by atoms with Crippen LogP contribution in [0.4, 0.5) is 0 Å². The number of rotatable bonds is 11. The maximum Gasteiger partial charge on any atom is 0.320 e. The molecule has 0 fully saturated rings. The van der Waals surface area contributed by atoms with E-state index in [1.165, 1.54) is 0 Å². The Balaban J connectivity index is 4.38. The van der Waals surface area contributed by atoms with E-state index < -0.39 is 62.0 Å². The Morgan fingerprint density at radius 2 is 1.48 bits per heavy atom. The molecule has 0 heterocycles. The zero-order valence-electron chi connectivity index (χ0n) is 11.2. The van der Waals surface area contributed by atoms with Gasteiger partial charge in [-0.3, -0.25) is 9.59 Å². The van der Waals surface area contributed by atoms with Crippen molar-refractivity contribution in [3.8, 4) is 0 Å². The van der Waals surface area contributed by atoms with E-state index in [4.69, 9.17) is 20.4 Å². The van der Waals surface area contributed by atoms with Gasteiger partial charge in [0.15, 0.2) is 0 Å². The van der Waals surface area contributed by atoms with E-state index >= 15 is 0 Å². The molecule has 0 saturated heterocycles. The highest BCUT2D eigenvalue weighted by Crippen LogP contribution is 2.06. The number of aliphatic hydroxyl groups is 5. The summed E-state index contributed by atoms with van der Waals surface area (Å²) in [7, 11) is 0. The van der Waals surface area contributed by atoms with Gasteiger partial charge in [-0.05, 0) is 6.42 Å². The van der Waals surface area contributed by atoms with Gasteiger partial charge in [-0.25, -0.2) is 0 Å². The maximum atomic E-state index is 10.9. The summed E-state index contributed by atoms with van der Waals surface area (Å²) in [6.07, 6.45) is -7.52. The molecule has 0 aromatic rings. The zero-order valence-corrected chi connectivity index (χ0v) is 11.2. The summed E-state index contributed by atoms with van der Waals surface area (Å²) in [5, 5.41) is 65.8. The third-order valence-electron chi connectivity index (χ3n) is 2.84. The molecule has 0 aliphatic heterocycles. The summed E-state index contributed by atoms with van der Waals surface area (Å²) in [5.41, 5.74) is 0. The van der Waals surface area contributed by atoms with Crippen LogP contribution in [0.25, 0.3) is 0 Å². The average molecular weight is 311 g/mol. The van der Waals surface area contributed by atoms with Crippen molar-refractivity contribution in [2.75, 3.05) is 13.2 Å². The number of nitrogens with one attached hydrogen (secondary N) is 1. The smallest absolute Gasteiger partial charge is 0.320 e. The highest BCUT2D eigenvalue weighted by atomic mass is 16.4. The van der Waals surface area contributed by atoms with Crippen molar-refractivity contribution in [2.45, 2.75) is 43.3 Å². The number of carboxylic acids is 2. The molecule has 5 atom stereocenters. The number of carbonyl (C=O) groups is 2. The molecule has 0 bridgehead atoms. The molecule has 0 aliphatic rings. The second-order valence-electron chi connectivity index (χ2n) is 4.53. The molecule has 10 nitrogen and oxygen atoms in total. The van der Waals surface area contributed by atoms with Crippen molar-refractivity contribution in [3.63, 3.8) is 0 Å². The van der Waals surface area contributed by atoms with Crippen molar-refractivity contribution >= 4 is 11.9 Å². The zero-order chi connectivity index (χ0) is 16.6. The Morgan fingerprint density at radius 3 is 1.90 bits per heavy atom. The number of hydrogen-bond donors (Lipinski definition) is 8. The highest BCUT2D eigenvalue weighted by molar-refractivity contribution is 5.75. The van der Waals surface area contributed by atoms with E-state index in [1.807, 2.05) is 0 Å². The Kier molecular flexibility index (Phi) is 9.01. The van der Waals surface area contributed by atoms with Gasteiger partial charge in [-0.1, -0.05) is 0 Å². The van der Waals surface area contributed by atoms with E-state index in [0.717, 1.165) is 0 Å². The number of aliphatic hydroxyl groups excluding tert-OH is 5. The SMILES string of the molecule is O=C(O)CC[C@H](NCC(O)C(O)C(O)C(O)CO)C(=O)O. The molecular weight excluding hydrogens is 290 g/mol. The van der Waals surface area contributed by atoms with Crippen LogP contribution in [0.3, 0.4) is 0 Å². The van der Waals surface area contributed by atoms with Crippen LogP contribution in [0.1, 0.15) is 12.8 Å². The van der Waals surface area contributed by atoms with Gasteiger partial charge in [-0.15, -0.1) is 0 Å². The molecule has 0 spiro atoms. The summed E-state index contributed by atoms with van der Waals surface area (Å²) in [6, 6.07) is -1.25. The molecule has 10 heteroatoms. The van der Waals surface area contributed by atoms with E-state index in [-0.39, 0.29) is 6.42 Å². The molecule has 0 radical (unpaired) electrons. The van der Waals surface area contributed by atoms with Gasteiger partial charge in [0.05, 0.1) is 12.7 Å². The second-order valence-corrected chi connectivity index (χ2v) is 4.53. The first-order chi connectivity index (χ1) is 9.70. The highest BCUT2D eigenvalue weighted by Gasteiger charge is 2.30. The van der Waals surface area contributed by atoms with E-state index in [1.54, 1.807) is 0 Å². The van der Waals surface area contributed by atoms with Crippen LogP contribution in [-0.2, 0) is 9.59 Å². The van der Waals surface area contributed by atoms with Crippen LogP contribution in [0.15, 0.2) is 0 Å². The minimum absolute atomic E-state index is 0.227. The van der Waals surface area contributed by atoms with E-state index in [2.05, 4.69) is 5.32 Å². The van der Waals surface area contributed by atoms with Crippen LogP contribution >= 0.6 is 0 Å². The second kappa shape index (κ2) is 9.60. The molecule has 0 aliphatic carbocycles. The lowest BCUT2D eigenvalue weighted by molar-refractivity contribution is -0.141. The third kappa shape index (κ3) is 7.32. The first kappa shape index (κ1) is 19.7. The fourth-order valence-corrected chi connectivity index (χ4v) is 1.53. The van der Waals surface area contributed by atoms with E-state index in [0.29, 0.717) is 0 Å². The van der Waals surface area contributed by atoms with Crippen molar-refractivity contribution in [1.29, 1.82) is 0 Å². The van der Waals surface area contributed by atoms with Gasteiger partial charge < -0.3 is 41.1 Å². The monoisotopic (exact) mass is 311 g/mol. The van der Waals surface area contributed by atoms with E-state index in [9.17, 15) is 24.9 Å². The number of carboxylic acid groups (broad SMARTS) is 2. The Morgan fingerprint density at radius 1 is 0.952 bits per heavy atom. The molecular formula is C11H21NO9. The average Bonchev–Trinajstić information content (AvgIpc) is 2.43. The maximum absolute atomic E-state index is 10.9. The topological polar surface area (TPSA) is 188 Å². The van der Waals surface area contributed by atoms with Crippen LogP contribution in [-0.4, -0.2) is 91.3 Å². The van der Waals surface area contributed by atoms with Gasteiger partial charge in [0.2, 0.25) is 0 Å². The van der Waals surface area contributed by atoms with Crippen LogP contribution < -0.4 is 5.32 Å². The molecule has 21 heavy (non-hydrogen) atoms. The lowest BCUT2D eigenvalue weighted by Gasteiger charge is -2.26. The van der Waals surface area contributed by atoms with Crippen LogP contribution in [0.5, 0.6) is 0 Å². The first-order valence-corrected chi connectivity index (χ1v) is 6.21. The molecule has 8 N–H and O–H groups in total. The quantitative estimate of drug-likeness (QED) is 0.189. The lowest BCUT2D eigenvalue weighted by Crippen LogP contribution is -2.51. The normalized spacial score (nSPS) is 18.5. The lowest BCUT2D eigenvalue weighted by atomic mass is 10.0. The summed E-state index contributed by atoms with van der Waals surface area (Å²) in [5.74, 6) is -2.50. The van der Waals surface area contributed by atoms with Gasteiger partial charge in [0.1, 0.15) is 24.4 Å². The van der Waals surface area contributed by atoms with Crippen molar-refractivity contribution in [1.82, 2.24) is 5.32 Å². The van der Waals surface area contributed by atoms with Crippen molar-refractivity contribution < 1.29 is 45.3 Å². The Hall–Kier alpha value is -1.30. The fraction of sp³-hybridized carbons (Fsp3) is 0.818. The summed E-state index contributed by atoms with van der Waals surface area (Å²) >= 11 is 0. The first-order valence-electron chi connectivity index (χ1n) is 6.21. The summed E-state index contributed by atoms with van der Waals surface area (Å²) in [4.78, 5) is 21.2. The van der Waals surface area contributed by atoms with Crippen LogP contribution in [0.2, 0.25) is 0 Å². The predicted octanol–water partition coefficient (Wildman–Crippen LogP) is -3.67. The Labute approximate surface area is 120 Å².